The summed E-state index contributed by atoms with van der Waals surface area (Å²) in [5, 5.41) is 33.2. The second kappa shape index (κ2) is 4.83. The maximum atomic E-state index is 11.2. The molecular formula is C11H13N3O6. The van der Waals surface area contributed by atoms with E-state index in [0.717, 1.165) is 0 Å². The molecule has 9 heteroatoms. The molecule has 0 aliphatic rings. The molecule has 0 saturated heterocycles. The van der Waals surface area contributed by atoms with Crippen molar-refractivity contribution in [3.8, 4) is 0 Å². The van der Waals surface area contributed by atoms with Gasteiger partial charge in [-0.3, -0.25) is 30.3 Å². The highest BCUT2D eigenvalue weighted by Crippen LogP contribution is 2.45. The summed E-state index contributed by atoms with van der Waals surface area (Å²) in [6.07, 6.45) is 0. The molecular weight excluding hydrogens is 270 g/mol. The standard InChI is InChI=1S/C11H13N3O6/c1-6-5-7(11(2,3)4)9(13(17)18)10(14(19)20)8(6)12(15)16/h5H,1-4H3. The van der Waals surface area contributed by atoms with E-state index in [0.29, 0.717) is 0 Å². The van der Waals surface area contributed by atoms with Gasteiger partial charge in [0.05, 0.1) is 14.8 Å². The zero-order valence-corrected chi connectivity index (χ0v) is 11.4. The van der Waals surface area contributed by atoms with Crippen LogP contribution in [-0.2, 0) is 5.41 Å². The van der Waals surface area contributed by atoms with E-state index in [1.165, 1.54) is 13.0 Å². The quantitative estimate of drug-likeness (QED) is 0.619. The molecule has 1 aromatic carbocycles. The Balaban J connectivity index is 4.00. The van der Waals surface area contributed by atoms with E-state index >= 15 is 0 Å². The van der Waals surface area contributed by atoms with E-state index in [9.17, 15) is 30.3 Å². The van der Waals surface area contributed by atoms with Crippen molar-refractivity contribution in [2.75, 3.05) is 0 Å². The monoisotopic (exact) mass is 283 g/mol. The molecule has 0 N–H and O–H groups in total. The first kappa shape index (κ1) is 15.5. The largest absolute Gasteiger partial charge is 0.422 e. The molecule has 0 atom stereocenters. The maximum Gasteiger partial charge on any atom is 0.422 e. The highest BCUT2D eigenvalue weighted by atomic mass is 16.6. The van der Waals surface area contributed by atoms with Crippen molar-refractivity contribution >= 4 is 17.1 Å². The first-order valence-electron chi connectivity index (χ1n) is 5.59. The van der Waals surface area contributed by atoms with Gasteiger partial charge in [-0.15, -0.1) is 0 Å². The van der Waals surface area contributed by atoms with Crippen LogP contribution in [0.25, 0.3) is 0 Å². The van der Waals surface area contributed by atoms with Gasteiger partial charge in [-0.05, 0) is 18.4 Å². The summed E-state index contributed by atoms with van der Waals surface area (Å²) in [5.74, 6) is 0. The SMILES string of the molecule is Cc1cc(C(C)(C)C)c([N+](=O)[O-])c([N+](=O)[O-])c1[N+](=O)[O-]. The summed E-state index contributed by atoms with van der Waals surface area (Å²) >= 11 is 0. The van der Waals surface area contributed by atoms with Crippen LogP contribution in [0.4, 0.5) is 17.1 Å². The molecule has 0 fully saturated rings. The van der Waals surface area contributed by atoms with E-state index in [2.05, 4.69) is 0 Å². The van der Waals surface area contributed by atoms with Gasteiger partial charge in [-0.2, -0.15) is 0 Å². The number of benzene rings is 1. The first-order valence-corrected chi connectivity index (χ1v) is 5.59. The highest BCUT2D eigenvalue weighted by Gasteiger charge is 2.43. The zero-order chi connectivity index (χ0) is 15.8. The van der Waals surface area contributed by atoms with Crippen molar-refractivity contribution in [2.45, 2.75) is 33.1 Å². The molecule has 20 heavy (non-hydrogen) atoms. The highest BCUT2D eigenvalue weighted by molar-refractivity contribution is 5.73. The van der Waals surface area contributed by atoms with Crippen LogP contribution in [0.2, 0.25) is 0 Å². The minimum Gasteiger partial charge on any atom is -0.258 e. The fourth-order valence-corrected chi connectivity index (χ4v) is 1.94. The van der Waals surface area contributed by atoms with Gasteiger partial charge in [-0.25, -0.2) is 0 Å². The van der Waals surface area contributed by atoms with Gasteiger partial charge >= 0.3 is 17.1 Å². The van der Waals surface area contributed by atoms with Crippen molar-refractivity contribution in [2.24, 2.45) is 0 Å². The van der Waals surface area contributed by atoms with Crippen LogP contribution in [-0.4, -0.2) is 14.8 Å². The topological polar surface area (TPSA) is 129 Å². The molecule has 0 aliphatic carbocycles. The normalized spacial score (nSPS) is 11.2. The summed E-state index contributed by atoms with van der Waals surface area (Å²) in [6.45, 7) is 6.25. The summed E-state index contributed by atoms with van der Waals surface area (Å²) in [7, 11) is 0. The number of rotatable bonds is 3. The summed E-state index contributed by atoms with van der Waals surface area (Å²) in [4.78, 5) is 30.2. The maximum absolute atomic E-state index is 11.2. The van der Waals surface area contributed by atoms with Gasteiger partial charge < -0.3 is 0 Å². The van der Waals surface area contributed by atoms with E-state index in [1.54, 1.807) is 20.8 Å². The van der Waals surface area contributed by atoms with Gasteiger partial charge in [0.15, 0.2) is 0 Å². The number of hydrogen-bond donors (Lipinski definition) is 0. The lowest BCUT2D eigenvalue weighted by atomic mass is 9.84. The van der Waals surface area contributed by atoms with E-state index in [-0.39, 0.29) is 11.1 Å². The zero-order valence-electron chi connectivity index (χ0n) is 11.4. The van der Waals surface area contributed by atoms with Crippen LogP contribution in [0.1, 0.15) is 31.9 Å². The van der Waals surface area contributed by atoms with Crippen molar-refractivity contribution in [3.05, 3.63) is 47.5 Å². The molecule has 0 aromatic heterocycles. The minimum atomic E-state index is -1.07. The third kappa shape index (κ3) is 2.56. The number of hydrogen-bond acceptors (Lipinski definition) is 6. The van der Waals surface area contributed by atoms with Gasteiger partial charge in [0, 0.05) is 11.1 Å². The molecule has 0 radical (unpaired) electrons. The lowest BCUT2D eigenvalue weighted by molar-refractivity contribution is -0.441. The third-order valence-electron chi connectivity index (χ3n) is 2.79. The molecule has 1 rings (SSSR count). The van der Waals surface area contributed by atoms with E-state index in [4.69, 9.17) is 0 Å². The number of aryl methyl sites for hydroxylation is 1. The van der Waals surface area contributed by atoms with Crippen molar-refractivity contribution in [1.82, 2.24) is 0 Å². The molecule has 0 amide bonds. The molecule has 0 heterocycles. The lowest BCUT2D eigenvalue weighted by Crippen LogP contribution is -2.16. The average Bonchev–Trinajstić information content (AvgIpc) is 2.24. The second-order valence-electron chi connectivity index (χ2n) is 5.31. The molecule has 9 nitrogen and oxygen atoms in total. The Bertz CT molecular complexity index is 618. The fourth-order valence-electron chi connectivity index (χ4n) is 1.94. The predicted molar refractivity (Wildman–Crippen MR) is 69.8 cm³/mol. The van der Waals surface area contributed by atoms with Gasteiger partial charge in [-0.1, -0.05) is 20.8 Å². The van der Waals surface area contributed by atoms with Crippen LogP contribution >= 0.6 is 0 Å². The van der Waals surface area contributed by atoms with Crippen molar-refractivity contribution < 1.29 is 14.8 Å². The van der Waals surface area contributed by atoms with Crippen molar-refractivity contribution in [3.63, 3.8) is 0 Å². The van der Waals surface area contributed by atoms with E-state index < -0.39 is 37.2 Å². The Labute approximate surface area is 113 Å². The molecule has 0 aliphatic heterocycles. The molecule has 0 unspecified atom stereocenters. The van der Waals surface area contributed by atoms with Gasteiger partial charge in [0.25, 0.3) is 0 Å². The number of nitro benzene ring substituents is 3. The molecule has 108 valence electrons. The van der Waals surface area contributed by atoms with Crippen LogP contribution in [0.3, 0.4) is 0 Å². The molecule has 1 aromatic rings. The Morgan fingerprint density at radius 3 is 1.55 bits per heavy atom. The summed E-state index contributed by atoms with van der Waals surface area (Å²) in [6, 6.07) is 1.27. The molecule has 0 saturated carbocycles. The van der Waals surface area contributed by atoms with Crippen LogP contribution in [0.15, 0.2) is 6.07 Å². The molecule has 0 bridgehead atoms. The van der Waals surface area contributed by atoms with Crippen LogP contribution in [0.5, 0.6) is 0 Å². The van der Waals surface area contributed by atoms with Crippen LogP contribution in [0, 0.1) is 37.3 Å². The summed E-state index contributed by atoms with van der Waals surface area (Å²) in [5.41, 5.74) is -3.36. The average molecular weight is 283 g/mol. The minimum absolute atomic E-state index is 0.0252. The first-order chi connectivity index (χ1) is 8.98. The number of nitro groups is 3. The van der Waals surface area contributed by atoms with Crippen LogP contribution < -0.4 is 0 Å². The van der Waals surface area contributed by atoms with Gasteiger partial charge in [0.2, 0.25) is 0 Å². The smallest absolute Gasteiger partial charge is 0.258 e. The Morgan fingerprint density at radius 1 is 0.850 bits per heavy atom. The predicted octanol–water partition coefficient (Wildman–Crippen LogP) is 3.02. The third-order valence-corrected chi connectivity index (χ3v) is 2.79. The van der Waals surface area contributed by atoms with E-state index in [1.807, 2.05) is 0 Å². The van der Waals surface area contributed by atoms with Gasteiger partial charge in [0.1, 0.15) is 0 Å². The Morgan fingerprint density at radius 2 is 1.25 bits per heavy atom. The van der Waals surface area contributed by atoms with Crippen molar-refractivity contribution in [1.29, 1.82) is 0 Å². The second-order valence-corrected chi connectivity index (χ2v) is 5.31. The molecule has 0 spiro atoms. The Hall–Kier alpha value is -2.58. The Kier molecular flexibility index (Phi) is 3.74. The number of nitrogens with zero attached hydrogens (tertiary/aromatic N) is 3. The summed E-state index contributed by atoms with van der Waals surface area (Å²) < 4.78 is 0. The lowest BCUT2D eigenvalue weighted by Gasteiger charge is -2.19. The fraction of sp³-hybridized carbons (Fsp3) is 0.455.